The fraction of sp³-hybridized carbons (Fsp3) is 0.435. The van der Waals surface area contributed by atoms with E-state index in [0.717, 1.165) is 50.0 Å². The van der Waals surface area contributed by atoms with E-state index in [1.807, 2.05) is 30.3 Å². The number of hydrogen-bond donors (Lipinski definition) is 1. The first-order valence-electron chi connectivity index (χ1n) is 10.3. The highest BCUT2D eigenvalue weighted by Gasteiger charge is 2.19. The highest BCUT2D eigenvalue weighted by atomic mass is 32.2. The number of nitrogens with one attached hydrogen (secondary N) is 1. The lowest BCUT2D eigenvalue weighted by Gasteiger charge is -2.34. The minimum atomic E-state index is 0.108. The molecule has 2 aromatic rings. The normalized spacial score (nSPS) is 15.0. The van der Waals surface area contributed by atoms with Crippen LogP contribution >= 0.6 is 11.8 Å². The van der Waals surface area contributed by atoms with Crippen molar-refractivity contribution >= 4 is 17.7 Å². The van der Waals surface area contributed by atoms with E-state index >= 15 is 0 Å². The van der Waals surface area contributed by atoms with Crippen LogP contribution in [-0.4, -0.2) is 74.9 Å². The Morgan fingerprint density at radius 2 is 1.67 bits per heavy atom. The number of thioether (sulfide) groups is 1. The maximum absolute atomic E-state index is 12.2. The Kier molecular flexibility index (Phi) is 8.86. The third-order valence-corrected chi connectivity index (χ3v) is 6.14. The molecule has 3 rings (SSSR count). The summed E-state index contributed by atoms with van der Waals surface area (Å²) in [5, 5.41) is 3.03. The zero-order chi connectivity index (χ0) is 21.2. The Labute approximate surface area is 183 Å². The molecule has 0 spiro atoms. The van der Waals surface area contributed by atoms with Crippen molar-refractivity contribution in [2.75, 3.05) is 59.2 Å². The number of ether oxygens (including phenoxy) is 2. The van der Waals surface area contributed by atoms with E-state index in [-0.39, 0.29) is 5.91 Å². The molecule has 7 heteroatoms. The maximum atomic E-state index is 12.2. The van der Waals surface area contributed by atoms with Crippen molar-refractivity contribution in [2.24, 2.45) is 0 Å². The lowest BCUT2D eigenvalue weighted by molar-refractivity contribution is -0.122. The van der Waals surface area contributed by atoms with Crippen molar-refractivity contribution in [3.8, 4) is 11.5 Å². The van der Waals surface area contributed by atoms with Crippen molar-refractivity contribution in [1.82, 2.24) is 15.1 Å². The lowest BCUT2D eigenvalue weighted by atomic mass is 10.1. The van der Waals surface area contributed by atoms with Gasteiger partial charge < -0.3 is 14.8 Å². The third-order valence-electron chi connectivity index (χ3n) is 5.12. The van der Waals surface area contributed by atoms with Gasteiger partial charge in [-0.05, 0) is 29.8 Å². The zero-order valence-electron chi connectivity index (χ0n) is 17.8. The summed E-state index contributed by atoms with van der Waals surface area (Å²) in [7, 11) is 3.31. The number of methoxy groups -OCH3 is 2. The fourth-order valence-electron chi connectivity index (χ4n) is 3.48. The van der Waals surface area contributed by atoms with Crippen molar-refractivity contribution in [3.63, 3.8) is 0 Å². The fourth-order valence-corrected chi connectivity index (χ4v) is 4.27. The summed E-state index contributed by atoms with van der Waals surface area (Å²) in [6, 6.07) is 16.3. The molecule has 0 atom stereocenters. The van der Waals surface area contributed by atoms with Gasteiger partial charge in [-0.3, -0.25) is 14.6 Å². The molecule has 0 bridgehead atoms. The zero-order valence-corrected chi connectivity index (χ0v) is 18.6. The van der Waals surface area contributed by atoms with Crippen LogP contribution in [0.25, 0.3) is 0 Å². The molecule has 1 fully saturated rings. The van der Waals surface area contributed by atoms with Crippen LogP contribution in [0.15, 0.2) is 53.4 Å². The molecule has 0 aliphatic carbocycles. The van der Waals surface area contributed by atoms with Gasteiger partial charge in [-0.1, -0.05) is 24.3 Å². The Morgan fingerprint density at radius 1 is 0.967 bits per heavy atom. The summed E-state index contributed by atoms with van der Waals surface area (Å²) in [4.78, 5) is 18.1. The van der Waals surface area contributed by atoms with Gasteiger partial charge in [-0.15, -0.1) is 11.8 Å². The van der Waals surface area contributed by atoms with Crippen LogP contribution in [0.3, 0.4) is 0 Å². The van der Waals surface area contributed by atoms with Crippen molar-refractivity contribution < 1.29 is 14.3 Å². The molecular formula is C23H31N3O3S. The largest absolute Gasteiger partial charge is 0.493 e. The number of amides is 1. The van der Waals surface area contributed by atoms with E-state index in [4.69, 9.17) is 9.47 Å². The second-order valence-corrected chi connectivity index (χ2v) is 8.42. The molecule has 0 saturated carbocycles. The first kappa shape index (κ1) is 22.5. The highest BCUT2D eigenvalue weighted by Crippen LogP contribution is 2.28. The Balaban J connectivity index is 1.33. The molecule has 0 radical (unpaired) electrons. The molecule has 0 unspecified atom stereocenters. The molecule has 30 heavy (non-hydrogen) atoms. The van der Waals surface area contributed by atoms with E-state index in [2.05, 4.69) is 33.3 Å². The molecule has 1 aliphatic rings. The molecular weight excluding hydrogens is 398 g/mol. The number of carbonyl (C=O) groups excluding carboxylic acids is 1. The van der Waals surface area contributed by atoms with Crippen molar-refractivity contribution in [1.29, 1.82) is 0 Å². The van der Waals surface area contributed by atoms with Crippen molar-refractivity contribution in [3.05, 3.63) is 54.1 Å². The SMILES string of the molecule is COc1ccc(CN2CCN(CC(=O)NCCSc3ccccc3)CC2)cc1OC. The summed E-state index contributed by atoms with van der Waals surface area (Å²) in [5.41, 5.74) is 1.20. The Bertz CT molecular complexity index is 796. The second kappa shape index (κ2) is 11.8. The summed E-state index contributed by atoms with van der Waals surface area (Å²) in [6.45, 7) is 5.74. The summed E-state index contributed by atoms with van der Waals surface area (Å²) in [6.07, 6.45) is 0. The van der Waals surface area contributed by atoms with E-state index in [1.54, 1.807) is 26.0 Å². The molecule has 2 aromatic carbocycles. The number of hydrogen-bond acceptors (Lipinski definition) is 6. The van der Waals surface area contributed by atoms with Crippen LogP contribution in [0.5, 0.6) is 11.5 Å². The van der Waals surface area contributed by atoms with Crippen LogP contribution < -0.4 is 14.8 Å². The van der Waals surface area contributed by atoms with Crippen molar-refractivity contribution in [2.45, 2.75) is 11.4 Å². The standard InChI is InChI=1S/C23H31N3O3S/c1-28-21-9-8-19(16-22(21)29-2)17-25-11-13-26(14-12-25)18-23(27)24-10-15-30-20-6-4-3-5-7-20/h3-9,16H,10-15,17-18H2,1-2H3,(H,24,27). The second-order valence-electron chi connectivity index (χ2n) is 7.25. The molecule has 1 aliphatic heterocycles. The van der Waals surface area contributed by atoms with Gasteiger partial charge in [0.05, 0.1) is 20.8 Å². The predicted octanol–water partition coefficient (Wildman–Crippen LogP) is 2.73. The number of benzene rings is 2. The summed E-state index contributed by atoms with van der Waals surface area (Å²) >= 11 is 1.76. The maximum Gasteiger partial charge on any atom is 0.234 e. The number of carbonyl (C=O) groups is 1. The van der Waals surface area contributed by atoms with E-state index in [0.29, 0.717) is 13.1 Å². The van der Waals surface area contributed by atoms with Crippen LogP contribution in [0.1, 0.15) is 5.56 Å². The van der Waals surface area contributed by atoms with Gasteiger partial charge >= 0.3 is 0 Å². The first-order chi connectivity index (χ1) is 14.7. The molecule has 0 aromatic heterocycles. The molecule has 1 N–H and O–H groups in total. The monoisotopic (exact) mass is 429 g/mol. The quantitative estimate of drug-likeness (QED) is 0.463. The summed E-state index contributed by atoms with van der Waals surface area (Å²) in [5.74, 6) is 2.50. The van der Waals surface area contributed by atoms with Gasteiger partial charge in [0.1, 0.15) is 0 Å². The molecule has 6 nitrogen and oxygen atoms in total. The van der Waals surface area contributed by atoms with E-state index < -0.39 is 0 Å². The lowest BCUT2D eigenvalue weighted by Crippen LogP contribution is -2.49. The van der Waals surface area contributed by atoms with Gasteiger partial charge in [0.15, 0.2) is 11.5 Å². The topological polar surface area (TPSA) is 54.0 Å². The van der Waals surface area contributed by atoms with Crippen LogP contribution in [0.4, 0.5) is 0 Å². The molecule has 1 amide bonds. The highest BCUT2D eigenvalue weighted by molar-refractivity contribution is 7.99. The van der Waals surface area contributed by atoms with Gasteiger partial charge in [-0.25, -0.2) is 0 Å². The van der Waals surface area contributed by atoms with E-state index in [9.17, 15) is 4.79 Å². The van der Waals surface area contributed by atoms with Gasteiger partial charge in [0, 0.05) is 49.9 Å². The summed E-state index contributed by atoms with van der Waals surface area (Å²) < 4.78 is 10.7. The third kappa shape index (κ3) is 6.93. The smallest absolute Gasteiger partial charge is 0.234 e. The van der Waals surface area contributed by atoms with Crippen LogP contribution in [0, 0.1) is 0 Å². The number of rotatable bonds is 10. The predicted molar refractivity (Wildman–Crippen MR) is 121 cm³/mol. The minimum Gasteiger partial charge on any atom is -0.493 e. The molecule has 1 saturated heterocycles. The average Bonchev–Trinajstić information content (AvgIpc) is 2.78. The van der Waals surface area contributed by atoms with Gasteiger partial charge in [0.25, 0.3) is 0 Å². The Morgan fingerprint density at radius 3 is 2.37 bits per heavy atom. The number of nitrogens with zero attached hydrogens (tertiary/aromatic N) is 2. The van der Waals surface area contributed by atoms with E-state index in [1.165, 1.54) is 10.5 Å². The first-order valence-corrected chi connectivity index (χ1v) is 11.3. The molecule has 162 valence electrons. The minimum absolute atomic E-state index is 0.108. The van der Waals surface area contributed by atoms with Crippen LogP contribution in [0.2, 0.25) is 0 Å². The Hall–Kier alpha value is -2.22. The van der Waals surface area contributed by atoms with Gasteiger partial charge in [-0.2, -0.15) is 0 Å². The number of piperazine rings is 1. The molecule has 1 heterocycles. The average molecular weight is 430 g/mol. The van der Waals surface area contributed by atoms with Gasteiger partial charge in [0.2, 0.25) is 5.91 Å². The van der Waals surface area contributed by atoms with Crippen LogP contribution in [-0.2, 0) is 11.3 Å².